The Morgan fingerprint density at radius 3 is 2.67 bits per heavy atom. The van der Waals surface area contributed by atoms with Crippen LogP contribution in [-0.2, 0) is 9.53 Å². The molecule has 1 saturated heterocycles. The number of ether oxygens (including phenoxy) is 1. The Kier molecular flexibility index (Phi) is 5.25. The smallest absolute Gasteiger partial charge is 0.414 e. The average Bonchev–Trinajstić information content (AvgIpc) is 2.92. The Labute approximate surface area is 155 Å². The van der Waals surface area contributed by atoms with Crippen molar-refractivity contribution in [2.24, 2.45) is 0 Å². The molecular formula is C19H20N4O4. The van der Waals surface area contributed by atoms with Crippen molar-refractivity contribution in [3.05, 3.63) is 58.8 Å². The molecule has 8 heteroatoms. The molecule has 0 aromatic heterocycles. The first kappa shape index (κ1) is 18.2. The quantitative estimate of drug-likeness (QED) is 0.742. The average molecular weight is 368 g/mol. The van der Waals surface area contributed by atoms with Gasteiger partial charge in [0.05, 0.1) is 18.8 Å². The van der Waals surface area contributed by atoms with Crippen LogP contribution in [0.1, 0.15) is 6.92 Å². The van der Waals surface area contributed by atoms with Crippen LogP contribution in [0.25, 0.3) is 0 Å². The third kappa shape index (κ3) is 4.55. The summed E-state index contributed by atoms with van der Waals surface area (Å²) < 4.78 is 5.25. The molecule has 140 valence electrons. The van der Waals surface area contributed by atoms with Crippen molar-refractivity contribution in [1.82, 2.24) is 5.32 Å². The highest BCUT2D eigenvalue weighted by atomic mass is 16.6. The number of cyclic esters (lactones) is 1. The first-order valence-electron chi connectivity index (χ1n) is 8.42. The van der Waals surface area contributed by atoms with Crippen LogP contribution in [0, 0.1) is 0 Å². The molecule has 0 saturated carbocycles. The van der Waals surface area contributed by atoms with Gasteiger partial charge in [0.1, 0.15) is 6.10 Å². The van der Waals surface area contributed by atoms with E-state index in [-0.39, 0.29) is 17.9 Å². The normalized spacial score (nSPS) is 16.0. The third-order valence-electron chi connectivity index (χ3n) is 4.03. The largest absolute Gasteiger partial charge is 0.442 e. The van der Waals surface area contributed by atoms with Crippen molar-refractivity contribution in [1.29, 1.82) is 0 Å². The lowest BCUT2D eigenvalue weighted by Crippen LogP contribution is -2.33. The summed E-state index contributed by atoms with van der Waals surface area (Å²) in [6.07, 6.45) is -0.851. The Balaban J connectivity index is 1.69. The fourth-order valence-corrected chi connectivity index (χ4v) is 2.69. The van der Waals surface area contributed by atoms with E-state index in [1.165, 1.54) is 17.9 Å². The number of hydrogen-bond acceptors (Lipinski definition) is 6. The Morgan fingerprint density at radius 2 is 1.96 bits per heavy atom. The minimum absolute atomic E-state index is 0.172. The molecule has 2 aromatic carbocycles. The minimum atomic E-state index is -0.460. The Morgan fingerprint density at radius 1 is 1.22 bits per heavy atom. The van der Waals surface area contributed by atoms with Crippen LogP contribution < -0.4 is 26.7 Å². The highest BCUT2D eigenvalue weighted by Crippen LogP contribution is 2.24. The van der Waals surface area contributed by atoms with E-state index in [0.717, 1.165) is 0 Å². The van der Waals surface area contributed by atoms with Crippen molar-refractivity contribution in [2.45, 2.75) is 13.0 Å². The van der Waals surface area contributed by atoms with Gasteiger partial charge in [-0.1, -0.05) is 6.07 Å². The molecule has 1 aliphatic heterocycles. The van der Waals surface area contributed by atoms with Gasteiger partial charge < -0.3 is 21.1 Å². The van der Waals surface area contributed by atoms with Gasteiger partial charge in [0.25, 0.3) is 0 Å². The molecule has 2 amide bonds. The van der Waals surface area contributed by atoms with Crippen LogP contribution in [-0.4, -0.2) is 31.2 Å². The van der Waals surface area contributed by atoms with Crippen molar-refractivity contribution in [3.63, 3.8) is 0 Å². The molecule has 1 aliphatic rings. The van der Waals surface area contributed by atoms with Gasteiger partial charge in [-0.25, -0.2) is 4.79 Å². The summed E-state index contributed by atoms with van der Waals surface area (Å²) in [7, 11) is 0. The maximum absolute atomic E-state index is 12.1. The van der Waals surface area contributed by atoms with Gasteiger partial charge in [0.15, 0.2) is 0 Å². The van der Waals surface area contributed by atoms with Gasteiger partial charge >= 0.3 is 6.09 Å². The summed E-state index contributed by atoms with van der Waals surface area (Å²) in [4.78, 5) is 36.6. The summed E-state index contributed by atoms with van der Waals surface area (Å²) >= 11 is 0. The Hall–Kier alpha value is -3.55. The molecule has 8 nitrogen and oxygen atoms in total. The fourth-order valence-electron chi connectivity index (χ4n) is 2.69. The summed E-state index contributed by atoms with van der Waals surface area (Å²) in [5.41, 5.74) is 7.59. The first-order valence-corrected chi connectivity index (χ1v) is 8.42. The van der Waals surface area contributed by atoms with E-state index in [9.17, 15) is 14.4 Å². The highest BCUT2D eigenvalue weighted by molar-refractivity contribution is 5.90. The molecule has 3 rings (SSSR count). The molecular weight excluding hydrogens is 348 g/mol. The van der Waals surface area contributed by atoms with E-state index in [2.05, 4.69) is 10.6 Å². The summed E-state index contributed by atoms with van der Waals surface area (Å²) in [5, 5.41) is 5.68. The van der Waals surface area contributed by atoms with E-state index in [1.54, 1.807) is 42.5 Å². The lowest BCUT2D eigenvalue weighted by molar-refractivity contribution is -0.119. The second kappa shape index (κ2) is 7.77. The van der Waals surface area contributed by atoms with Crippen LogP contribution in [0.15, 0.2) is 53.3 Å². The summed E-state index contributed by atoms with van der Waals surface area (Å²) in [5.74, 6) is -0.172. The second-order valence-electron chi connectivity index (χ2n) is 6.17. The van der Waals surface area contributed by atoms with E-state index in [1.807, 2.05) is 0 Å². The number of carbonyl (C=O) groups excluding carboxylic acids is 2. The first-order chi connectivity index (χ1) is 12.9. The maximum atomic E-state index is 12.1. The number of nitrogen functional groups attached to an aromatic ring is 1. The zero-order chi connectivity index (χ0) is 19.4. The lowest BCUT2D eigenvalue weighted by atomic mass is 10.2. The monoisotopic (exact) mass is 368 g/mol. The molecule has 1 heterocycles. The lowest BCUT2D eigenvalue weighted by Gasteiger charge is -2.14. The summed E-state index contributed by atoms with van der Waals surface area (Å²) in [6, 6.07) is 13.4. The van der Waals surface area contributed by atoms with Gasteiger partial charge in [-0.2, -0.15) is 0 Å². The van der Waals surface area contributed by atoms with Crippen LogP contribution in [0.3, 0.4) is 0 Å². The molecule has 0 aliphatic carbocycles. The predicted octanol–water partition coefficient (Wildman–Crippen LogP) is 1.83. The molecule has 0 radical (unpaired) electrons. The van der Waals surface area contributed by atoms with Crippen LogP contribution in [0.2, 0.25) is 0 Å². The van der Waals surface area contributed by atoms with Crippen molar-refractivity contribution < 1.29 is 14.3 Å². The van der Waals surface area contributed by atoms with Gasteiger partial charge in [-0.15, -0.1) is 0 Å². The standard InChI is InChI=1S/C19H20N4O4/c1-12(24)21-10-16-11-23(19(26)27-16)15-7-5-14(6-8-15)22-17-4-2-3-13(20)9-18(17)25/h2-9,16H,10-11,20H2,1H3,(H,21,24)(H,22,25). The Bertz CT molecular complexity index is 914. The number of nitrogens with one attached hydrogen (secondary N) is 2. The van der Waals surface area contributed by atoms with Crippen molar-refractivity contribution >= 4 is 34.7 Å². The second-order valence-corrected chi connectivity index (χ2v) is 6.17. The predicted molar refractivity (Wildman–Crippen MR) is 103 cm³/mol. The van der Waals surface area contributed by atoms with E-state index in [0.29, 0.717) is 29.3 Å². The molecule has 2 aromatic rings. The minimum Gasteiger partial charge on any atom is -0.442 e. The highest BCUT2D eigenvalue weighted by Gasteiger charge is 2.32. The summed E-state index contributed by atoms with van der Waals surface area (Å²) in [6.45, 7) is 2.04. The van der Waals surface area contributed by atoms with Gasteiger partial charge in [-0.3, -0.25) is 14.5 Å². The van der Waals surface area contributed by atoms with Gasteiger partial charge in [0.2, 0.25) is 11.3 Å². The number of amides is 2. The number of rotatable bonds is 5. The van der Waals surface area contributed by atoms with Crippen LogP contribution in [0.5, 0.6) is 0 Å². The third-order valence-corrected chi connectivity index (χ3v) is 4.03. The number of hydrogen-bond donors (Lipinski definition) is 3. The molecule has 1 unspecified atom stereocenters. The molecule has 1 atom stereocenters. The molecule has 0 bridgehead atoms. The van der Waals surface area contributed by atoms with E-state index in [4.69, 9.17) is 10.5 Å². The van der Waals surface area contributed by atoms with Gasteiger partial charge in [-0.05, 0) is 36.4 Å². The fraction of sp³-hybridized carbons (Fsp3) is 0.211. The molecule has 1 fully saturated rings. The van der Waals surface area contributed by atoms with Crippen molar-refractivity contribution in [2.75, 3.05) is 29.0 Å². The number of nitrogens with two attached hydrogens (primary N) is 1. The molecule has 27 heavy (non-hydrogen) atoms. The zero-order valence-electron chi connectivity index (χ0n) is 14.8. The maximum Gasteiger partial charge on any atom is 0.414 e. The molecule has 4 N–H and O–H groups in total. The van der Waals surface area contributed by atoms with E-state index < -0.39 is 12.2 Å². The van der Waals surface area contributed by atoms with Crippen molar-refractivity contribution in [3.8, 4) is 0 Å². The SMILES string of the molecule is CC(=O)NCC1CN(c2ccc(Nc3cccc(N)cc3=O)cc2)C(=O)O1. The number of nitrogens with zero attached hydrogens (tertiary/aromatic N) is 1. The zero-order valence-corrected chi connectivity index (χ0v) is 14.8. The van der Waals surface area contributed by atoms with E-state index >= 15 is 0 Å². The number of anilines is 4. The topological polar surface area (TPSA) is 114 Å². The van der Waals surface area contributed by atoms with Crippen LogP contribution in [0.4, 0.5) is 27.5 Å². The number of carbonyl (C=O) groups is 2. The number of benzene rings is 1. The van der Waals surface area contributed by atoms with Gasteiger partial charge in [0, 0.05) is 30.1 Å². The molecule has 0 spiro atoms. The van der Waals surface area contributed by atoms with Crippen LogP contribution >= 0.6 is 0 Å².